The molecule has 0 saturated heterocycles. The Bertz CT molecular complexity index is 359. The standard InChI is InChI=1S/C17H30N2/c1-15(2)8-6-9-16(3)10-7-11-17-12-13-18(4)19(5)14-17/h8,10,12H,6-7,9,11,13-14H2,1-5H3. The smallest absolute Gasteiger partial charge is 0.0341 e. The number of hydrogen-bond acceptors (Lipinski definition) is 2. The summed E-state index contributed by atoms with van der Waals surface area (Å²) in [6.07, 6.45) is 11.9. The molecule has 0 atom stereocenters. The molecular formula is C17H30N2. The average Bonchev–Trinajstić information content (AvgIpc) is 2.33. The fourth-order valence-electron chi connectivity index (χ4n) is 2.26. The zero-order valence-corrected chi connectivity index (χ0v) is 13.4. The molecule has 1 aliphatic rings. The first kappa shape index (κ1) is 16.2. The van der Waals surface area contributed by atoms with E-state index in [-0.39, 0.29) is 0 Å². The number of hydrogen-bond donors (Lipinski definition) is 0. The molecular weight excluding hydrogens is 232 g/mol. The fourth-order valence-corrected chi connectivity index (χ4v) is 2.26. The molecule has 1 aliphatic heterocycles. The molecule has 2 heteroatoms. The van der Waals surface area contributed by atoms with Crippen LogP contribution < -0.4 is 0 Å². The lowest BCUT2D eigenvalue weighted by molar-refractivity contribution is 0.0396. The van der Waals surface area contributed by atoms with E-state index < -0.39 is 0 Å². The first-order chi connectivity index (χ1) is 8.99. The van der Waals surface area contributed by atoms with Crippen LogP contribution >= 0.6 is 0 Å². The predicted octanol–water partition coefficient (Wildman–Crippen LogP) is 4.18. The Morgan fingerprint density at radius 3 is 2.47 bits per heavy atom. The second kappa shape index (κ2) is 8.34. The molecule has 1 heterocycles. The van der Waals surface area contributed by atoms with E-state index in [2.05, 4.69) is 63.1 Å². The van der Waals surface area contributed by atoms with Crippen LogP contribution in [-0.2, 0) is 0 Å². The second-order valence-corrected chi connectivity index (χ2v) is 5.93. The van der Waals surface area contributed by atoms with Crippen molar-refractivity contribution < 1.29 is 0 Å². The molecule has 19 heavy (non-hydrogen) atoms. The molecule has 0 spiro atoms. The van der Waals surface area contributed by atoms with E-state index in [1.807, 2.05) is 0 Å². The summed E-state index contributed by atoms with van der Waals surface area (Å²) in [5.41, 5.74) is 4.53. The highest BCUT2D eigenvalue weighted by Crippen LogP contribution is 2.15. The molecule has 2 nitrogen and oxygen atoms in total. The average molecular weight is 262 g/mol. The van der Waals surface area contributed by atoms with E-state index in [9.17, 15) is 0 Å². The van der Waals surface area contributed by atoms with Crippen LogP contribution in [0.25, 0.3) is 0 Å². The summed E-state index contributed by atoms with van der Waals surface area (Å²) in [7, 11) is 4.30. The lowest BCUT2D eigenvalue weighted by atomic mass is 10.0. The van der Waals surface area contributed by atoms with Gasteiger partial charge < -0.3 is 0 Å². The number of hydrazine groups is 1. The largest absolute Gasteiger partial charge is 0.241 e. The highest BCUT2D eigenvalue weighted by Gasteiger charge is 2.12. The van der Waals surface area contributed by atoms with Crippen LogP contribution in [0.2, 0.25) is 0 Å². The van der Waals surface area contributed by atoms with Gasteiger partial charge in [-0.2, -0.15) is 0 Å². The third kappa shape index (κ3) is 6.74. The normalized spacial score (nSPS) is 18.4. The molecule has 0 unspecified atom stereocenters. The maximum Gasteiger partial charge on any atom is 0.0341 e. The molecule has 0 aromatic rings. The van der Waals surface area contributed by atoms with Crippen molar-refractivity contribution in [2.24, 2.45) is 0 Å². The van der Waals surface area contributed by atoms with E-state index in [1.165, 1.54) is 36.8 Å². The van der Waals surface area contributed by atoms with Crippen molar-refractivity contribution in [1.29, 1.82) is 0 Å². The van der Waals surface area contributed by atoms with E-state index in [4.69, 9.17) is 0 Å². The van der Waals surface area contributed by atoms with Gasteiger partial charge in [0.05, 0.1) is 0 Å². The van der Waals surface area contributed by atoms with Gasteiger partial charge in [0.1, 0.15) is 0 Å². The molecule has 0 radical (unpaired) electrons. The lowest BCUT2D eigenvalue weighted by Gasteiger charge is -2.32. The van der Waals surface area contributed by atoms with Crippen molar-refractivity contribution >= 4 is 0 Å². The minimum absolute atomic E-state index is 1.05. The van der Waals surface area contributed by atoms with Crippen LogP contribution in [0, 0.1) is 0 Å². The van der Waals surface area contributed by atoms with Crippen molar-refractivity contribution in [2.45, 2.75) is 46.5 Å². The fraction of sp³-hybridized carbons (Fsp3) is 0.647. The predicted molar refractivity (Wildman–Crippen MR) is 85.0 cm³/mol. The summed E-state index contributed by atoms with van der Waals surface area (Å²) >= 11 is 0. The lowest BCUT2D eigenvalue weighted by Crippen LogP contribution is -2.41. The SMILES string of the molecule is CC(C)=CCCC(C)=CCCC1=CCN(C)N(C)C1. The molecule has 0 bridgehead atoms. The summed E-state index contributed by atoms with van der Waals surface area (Å²) in [5, 5.41) is 4.55. The maximum absolute atomic E-state index is 2.41. The van der Waals surface area contributed by atoms with Gasteiger partial charge in [-0.1, -0.05) is 34.9 Å². The third-order valence-corrected chi connectivity index (χ3v) is 3.71. The van der Waals surface area contributed by atoms with Crippen molar-refractivity contribution in [3.05, 3.63) is 34.9 Å². The number of nitrogens with zero attached hydrogens (tertiary/aromatic N) is 2. The van der Waals surface area contributed by atoms with Gasteiger partial charge in [-0.05, 0) is 46.5 Å². The summed E-state index contributed by atoms with van der Waals surface area (Å²) < 4.78 is 0. The van der Waals surface area contributed by atoms with E-state index in [0.717, 1.165) is 13.1 Å². The second-order valence-electron chi connectivity index (χ2n) is 5.93. The Labute approximate surface area is 119 Å². The van der Waals surface area contributed by atoms with Crippen molar-refractivity contribution in [1.82, 2.24) is 10.0 Å². The molecule has 0 aliphatic carbocycles. The van der Waals surface area contributed by atoms with Crippen LogP contribution in [0.4, 0.5) is 0 Å². The Morgan fingerprint density at radius 2 is 1.84 bits per heavy atom. The van der Waals surface area contributed by atoms with Gasteiger partial charge in [-0.25, -0.2) is 10.0 Å². The molecule has 1 rings (SSSR count). The molecule has 0 aromatic heterocycles. The number of rotatable bonds is 6. The molecule has 108 valence electrons. The molecule has 0 aromatic carbocycles. The number of allylic oxidation sites excluding steroid dienone is 4. The van der Waals surface area contributed by atoms with Crippen LogP contribution in [0.15, 0.2) is 34.9 Å². The Kier molecular flexibility index (Phi) is 7.11. The summed E-state index contributed by atoms with van der Waals surface area (Å²) in [4.78, 5) is 0. The van der Waals surface area contributed by atoms with E-state index >= 15 is 0 Å². The Morgan fingerprint density at radius 1 is 1.11 bits per heavy atom. The number of likely N-dealkylation sites (N-methyl/N-ethyl adjacent to an activating group) is 2. The zero-order chi connectivity index (χ0) is 14.3. The molecule has 0 amide bonds. The topological polar surface area (TPSA) is 6.48 Å². The van der Waals surface area contributed by atoms with Gasteiger partial charge in [-0.15, -0.1) is 0 Å². The van der Waals surface area contributed by atoms with Crippen molar-refractivity contribution in [2.75, 3.05) is 27.2 Å². The first-order valence-electron chi connectivity index (χ1n) is 7.38. The first-order valence-corrected chi connectivity index (χ1v) is 7.38. The summed E-state index contributed by atoms with van der Waals surface area (Å²) in [5.74, 6) is 0. The maximum atomic E-state index is 2.41. The van der Waals surface area contributed by atoms with Crippen LogP contribution in [-0.4, -0.2) is 37.2 Å². The highest BCUT2D eigenvalue weighted by molar-refractivity contribution is 5.10. The van der Waals surface area contributed by atoms with Crippen molar-refractivity contribution in [3.63, 3.8) is 0 Å². The minimum Gasteiger partial charge on any atom is -0.241 e. The van der Waals surface area contributed by atoms with Gasteiger partial charge >= 0.3 is 0 Å². The Hall–Kier alpha value is -0.860. The highest BCUT2D eigenvalue weighted by atomic mass is 15.6. The summed E-state index contributed by atoms with van der Waals surface area (Å²) in [6, 6.07) is 0. The quantitative estimate of drug-likeness (QED) is 0.663. The molecule has 0 saturated carbocycles. The summed E-state index contributed by atoms with van der Waals surface area (Å²) in [6.45, 7) is 8.73. The van der Waals surface area contributed by atoms with Gasteiger partial charge in [0.25, 0.3) is 0 Å². The van der Waals surface area contributed by atoms with Gasteiger partial charge in [0.15, 0.2) is 0 Å². The van der Waals surface area contributed by atoms with Gasteiger partial charge in [-0.3, -0.25) is 0 Å². The van der Waals surface area contributed by atoms with Crippen molar-refractivity contribution in [3.8, 4) is 0 Å². The van der Waals surface area contributed by atoms with Crippen LogP contribution in [0.1, 0.15) is 46.5 Å². The van der Waals surface area contributed by atoms with E-state index in [1.54, 1.807) is 5.57 Å². The monoisotopic (exact) mass is 262 g/mol. The molecule has 0 N–H and O–H groups in total. The van der Waals surface area contributed by atoms with Crippen LogP contribution in [0.3, 0.4) is 0 Å². The van der Waals surface area contributed by atoms with Gasteiger partial charge in [0.2, 0.25) is 0 Å². The molecule has 0 fully saturated rings. The zero-order valence-electron chi connectivity index (χ0n) is 13.4. The third-order valence-electron chi connectivity index (χ3n) is 3.71. The van der Waals surface area contributed by atoms with Gasteiger partial charge in [0, 0.05) is 27.2 Å². The Balaban J connectivity index is 2.27. The minimum atomic E-state index is 1.05. The van der Waals surface area contributed by atoms with Crippen LogP contribution in [0.5, 0.6) is 0 Å². The van der Waals surface area contributed by atoms with E-state index in [0.29, 0.717) is 0 Å².